The molecule has 1 atom stereocenters. The highest BCUT2D eigenvalue weighted by Gasteiger charge is 2.19. The summed E-state index contributed by atoms with van der Waals surface area (Å²) < 4.78 is 7.20. The Bertz CT molecular complexity index is 589. The molecular formula is C14H16N2O2. The molecule has 3 rings (SSSR count). The van der Waals surface area contributed by atoms with Gasteiger partial charge in [-0.25, -0.2) is 0 Å². The molecule has 0 saturated carbocycles. The zero-order chi connectivity index (χ0) is 12.7. The van der Waals surface area contributed by atoms with E-state index < -0.39 is 6.10 Å². The minimum absolute atomic E-state index is 0.621. The molecule has 0 amide bonds. The Morgan fingerprint density at radius 1 is 1.44 bits per heavy atom. The minimum atomic E-state index is -0.621. The Balaban J connectivity index is 1.97. The quantitative estimate of drug-likeness (QED) is 0.875. The number of fused-ring (bicyclic) bond motifs is 1. The van der Waals surface area contributed by atoms with Gasteiger partial charge >= 0.3 is 0 Å². The van der Waals surface area contributed by atoms with Crippen LogP contribution in [0.25, 0.3) is 0 Å². The fourth-order valence-electron chi connectivity index (χ4n) is 2.44. The van der Waals surface area contributed by atoms with E-state index in [0.717, 1.165) is 35.6 Å². The van der Waals surface area contributed by atoms with Crippen LogP contribution in [0, 0.1) is 6.92 Å². The Labute approximate surface area is 106 Å². The van der Waals surface area contributed by atoms with Crippen molar-refractivity contribution in [1.82, 2.24) is 9.78 Å². The zero-order valence-corrected chi connectivity index (χ0v) is 10.6. The largest absolute Gasteiger partial charge is 0.493 e. The first-order valence-electron chi connectivity index (χ1n) is 6.09. The van der Waals surface area contributed by atoms with Crippen LogP contribution < -0.4 is 4.74 Å². The van der Waals surface area contributed by atoms with Crippen molar-refractivity contribution in [2.75, 3.05) is 6.61 Å². The predicted molar refractivity (Wildman–Crippen MR) is 67.6 cm³/mol. The Hall–Kier alpha value is -1.81. The van der Waals surface area contributed by atoms with Gasteiger partial charge in [0.05, 0.1) is 12.3 Å². The number of benzene rings is 1. The van der Waals surface area contributed by atoms with E-state index in [9.17, 15) is 5.11 Å². The number of aliphatic hydroxyl groups excluding tert-OH is 1. The molecule has 2 heterocycles. The van der Waals surface area contributed by atoms with Crippen LogP contribution in [0.5, 0.6) is 5.75 Å². The summed E-state index contributed by atoms with van der Waals surface area (Å²) >= 11 is 0. The van der Waals surface area contributed by atoms with Crippen LogP contribution in [-0.2, 0) is 13.5 Å². The second-order valence-corrected chi connectivity index (χ2v) is 4.71. The molecule has 0 aliphatic carbocycles. The SMILES string of the molecule is Cc1nn(C)cc1C(O)c1ccc2c(c1)CCO2. The molecule has 1 aromatic carbocycles. The molecule has 4 nitrogen and oxygen atoms in total. The molecule has 4 heteroatoms. The van der Waals surface area contributed by atoms with Gasteiger partial charge in [-0.05, 0) is 30.2 Å². The number of hydrogen-bond acceptors (Lipinski definition) is 3. The maximum absolute atomic E-state index is 10.4. The number of aliphatic hydroxyl groups is 1. The summed E-state index contributed by atoms with van der Waals surface area (Å²) in [5.74, 6) is 0.939. The summed E-state index contributed by atoms with van der Waals surface area (Å²) in [4.78, 5) is 0. The lowest BCUT2D eigenvalue weighted by Crippen LogP contribution is -2.00. The monoisotopic (exact) mass is 244 g/mol. The Kier molecular flexibility index (Phi) is 2.59. The van der Waals surface area contributed by atoms with Crippen molar-refractivity contribution in [3.63, 3.8) is 0 Å². The first-order valence-corrected chi connectivity index (χ1v) is 6.09. The van der Waals surface area contributed by atoms with Crippen molar-refractivity contribution in [2.24, 2.45) is 7.05 Å². The fraction of sp³-hybridized carbons (Fsp3) is 0.357. The summed E-state index contributed by atoms with van der Waals surface area (Å²) in [5, 5.41) is 14.7. The number of rotatable bonds is 2. The van der Waals surface area contributed by atoms with Crippen LogP contribution in [0.2, 0.25) is 0 Å². The van der Waals surface area contributed by atoms with Crippen molar-refractivity contribution in [3.05, 3.63) is 46.8 Å². The molecule has 2 aromatic rings. The van der Waals surface area contributed by atoms with Gasteiger partial charge in [0.25, 0.3) is 0 Å². The van der Waals surface area contributed by atoms with Crippen molar-refractivity contribution >= 4 is 0 Å². The van der Waals surface area contributed by atoms with E-state index in [2.05, 4.69) is 5.10 Å². The third-order valence-electron chi connectivity index (χ3n) is 3.38. The molecule has 0 bridgehead atoms. The van der Waals surface area contributed by atoms with Gasteiger partial charge < -0.3 is 9.84 Å². The van der Waals surface area contributed by atoms with E-state index in [1.54, 1.807) is 4.68 Å². The smallest absolute Gasteiger partial charge is 0.122 e. The maximum Gasteiger partial charge on any atom is 0.122 e. The topological polar surface area (TPSA) is 47.3 Å². The van der Waals surface area contributed by atoms with Gasteiger partial charge in [0.2, 0.25) is 0 Å². The van der Waals surface area contributed by atoms with E-state index in [0.29, 0.717) is 0 Å². The first-order chi connectivity index (χ1) is 8.65. The molecular weight excluding hydrogens is 228 g/mol. The number of hydrogen-bond donors (Lipinski definition) is 1. The van der Waals surface area contributed by atoms with Gasteiger partial charge in [-0.1, -0.05) is 6.07 Å². The van der Waals surface area contributed by atoms with Crippen LogP contribution in [0.3, 0.4) is 0 Å². The number of aryl methyl sites for hydroxylation is 2. The summed E-state index contributed by atoms with van der Waals surface area (Å²) in [5.41, 5.74) is 3.79. The molecule has 94 valence electrons. The highest BCUT2D eigenvalue weighted by molar-refractivity contribution is 5.42. The van der Waals surface area contributed by atoms with Gasteiger partial charge in [-0.2, -0.15) is 5.10 Å². The van der Waals surface area contributed by atoms with Crippen LogP contribution in [-0.4, -0.2) is 21.5 Å². The molecule has 0 fully saturated rings. The molecule has 0 spiro atoms. The van der Waals surface area contributed by atoms with Crippen LogP contribution >= 0.6 is 0 Å². The normalized spacial score (nSPS) is 15.3. The molecule has 1 aliphatic rings. The van der Waals surface area contributed by atoms with Gasteiger partial charge in [-0.3, -0.25) is 4.68 Å². The molecule has 0 saturated heterocycles. The maximum atomic E-state index is 10.4. The molecule has 0 radical (unpaired) electrons. The Morgan fingerprint density at radius 3 is 3.00 bits per heavy atom. The van der Waals surface area contributed by atoms with Gasteiger partial charge in [-0.15, -0.1) is 0 Å². The second kappa shape index (κ2) is 4.14. The molecule has 1 unspecified atom stereocenters. The Morgan fingerprint density at radius 2 is 2.28 bits per heavy atom. The summed E-state index contributed by atoms with van der Waals surface area (Å²) in [7, 11) is 1.86. The van der Waals surface area contributed by atoms with Crippen molar-refractivity contribution < 1.29 is 9.84 Å². The first kappa shape index (κ1) is 11.3. The van der Waals surface area contributed by atoms with Gasteiger partial charge in [0.15, 0.2) is 0 Å². The van der Waals surface area contributed by atoms with Crippen molar-refractivity contribution in [2.45, 2.75) is 19.4 Å². The lowest BCUT2D eigenvalue weighted by atomic mass is 9.99. The van der Waals surface area contributed by atoms with Crippen molar-refractivity contribution in [1.29, 1.82) is 0 Å². The number of aromatic nitrogens is 2. The van der Waals surface area contributed by atoms with E-state index in [1.165, 1.54) is 5.56 Å². The minimum Gasteiger partial charge on any atom is -0.493 e. The summed E-state index contributed by atoms with van der Waals surface area (Å²) in [6.07, 6.45) is 2.16. The summed E-state index contributed by atoms with van der Waals surface area (Å²) in [6, 6.07) is 5.88. The standard InChI is InChI=1S/C14H16N2O2/c1-9-12(8-16(2)15-9)14(17)11-3-4-13-10(7-11)5-6-18-13/h3-4,7-8,14,17H,5-6H2,1-2H3. The van der Waals surface area contributed by atoms with E-state index in [-0.39, 0.29) is 0 Å². The fourth-order valence-corrected chi connectivity index (χ4v) is 2.44. The highest BCUT2D eigenvalue weighted by atomic mass is 16.5. The third kappa shape index (κ3) is 1.78. The lowest BCUT2D eigenvalue weighted by Gasteiger charge is -2.11. The third-order valence-corrected chi connectivity index (χ3v) is 3.38. The second-order valence-electron chi connectivity index (χ2n) is 4.71. The number of ether oxygens (including phenoxy) is 1. The molecule has 18 heavy (non-hydrogen) atoms. The highest BCUT2D eigenvalue weighted by Crippen LogP contribution is 2.31. The van der Waals surface area contributed by atoms with E-state index >= 15 is 0 Å². The molecule has 1 N–H and O–H groups in total. The van der Waals surface area contributed by atoms with Crippen molar-refractivity contribution in [3.8, 4) is 5.75 Å². The van der Waals surface area contributed by atoms with Gasteiger partial charge in [0.1, 0.15) is 11.9 Å². The number of nitrogens with zero attached hydrogens (tertiary/aromatic N) is 2. The lowest BCUT2D eigenvalue weighted by molar-refractivity contribution is 0.219. The average molecular weight is 244 g/mol. The van der Waals surface area contributed by atoms with Crippen LogP contribution in [0.15, 0.2) is 24.4 Å². The van der Waals surface area contributed by atoms with Crippen LogP contribution in [0.4, 0.5) is 0 Å². The predicted octanol–water partition coefficient (Wildman–Crippen LogP) is 1.75. The van der Waals surface area contributed by atoms with Crippen LogP contribution in [0.1, 0.15) is 28.5 Å². The van der Waals surface area contributed by atoms with Gasteiger partial charge in [0, 0.05) is 25.2 Å². The molecule has 1 aliphatic heterocycles. The molecule has 1 aromatic heterocycles. The van der Waals surface area contributed by atoms with E-state index in [1.807, 2.05) is 38.4 Å². The summed E-state index contributed by atoms with van der Waals surface area (Å²) in [6.45, 7) is 2.65. The van der Waals surface area contributed by atoms with E-state index in [4.69, 9.17) is 4.74 Å². The zero-order valence-electron chi connectivity index (χ0n) is 10.6. The average Bonchev–Trinajstić information content (AvgIpc) is 2.93.